The van der Waals surface area contributed by atoms with Crippen LogP contribution in [0.4, 0.5) is 4.79 Å². The molecule has 1 heterocycles. The summed E-state index contributed by atoms with van der Waals surface area (Å²) in [6, 6.07) is 0.0266. The Morgan fingerprint density at radius 2 is 1.64 bits per heavy atom. The van der Waals surface area contributed by atoms with Crippen LogP contribution in [0, 0.1) is 23.7 Å². The van der Waals surface area contributed by atoms with Gasteiger partial charge in [0, 0.05) is 25.2 Å². The van der Waals surface area contributed by atoms with Crippen LogP contribution in [-0.4, -0.2) is 56.0 Å². The maximum absolute atomic E-state index is 12.6. The Labute approximate surface area is 167 Å². The van der Waals surface area contributed by atoms with E-state index in [1.807, 2.05) is 5.06 Å². The minimum Gasteiger partial charge on any atom is -0.469 e. The molecule has 4 bridgehead atoms. The second kappa shape index (κ2) is 8.57. The first kappa shape index (κ1) is 20.0. The molecule has 0 aromatic heterocycles. The molecule has 7 nitrogen and oxygen atoms in total. The van der Waals surface area contributed by atoms with E-state index in [9.17, 15) is 9.59 Å². The normalized spacial score (nSPS) is 35.0. The fourth-order valence-electron chi connectivity index (χ4n) is 6.39. The third-order valence-corrected chi connectivity index (χ3v) is 7.35. The molecule has 4 aliphatic carbocycles. The number of esters is 1. The lowest BCUT2D eigenvalue weighted by atomic mass is 9.53. The lowest BCUT2D eigenvalue weighted by Crippen LogP contribution is -2.61. The minimum absolute atomic E-state index is 0.0266. The topological polar surface area (TPSA) is 79.9 Å². The second-order valence-corrected chi connectivity index (χ2v) is 9.56. The maximum Gasteiger partial charge on any atom is 0.315 e. The Bertz CT molecular complexity index is 539. The molecule has 1 saturated heterocycles. The van der Waals surface area contributed by atoms with Crippen molar-refractivity contribution in [3.63, 3.8) is 0 Å². The van der Waals surface area contributed by atoms with E-state index in [4.69, 9.17) is 4.84 Å². The zero-order valence-corrected chi connectivity index (χ0v) is 17.1. The molecule has 0 unspecified atom stereocenters. The molecule has 0 atom stereocenters. The Hall–Kier alpha value is -1.34. The van der Waals surface area contributed by atoms with Crippen LogP contribution in [0.1, 0.15) is 57.8 Å². The molecule has 0 spiro atoms. The average Bonchev–Trinajstić information content (AvgIpc) is 2.65. The van der Waals surface area contributed by atoms with Gasteiger partial charge in [0.05, 0.1) is 20.1 Å². The molecule has 2 N–H and O–H groups in total. The van der Waals surface area contributed by atoms with Crippen molar-refractivity contribution < 1.29 is 19.2 Å². The predicted molar refractivity (Wildman–Crippen MR) is 104 cm³/mol. The van der Waals surface area contributed by atoms with Crippen molar-refractivity contribution in [1.82, 2.24) is 15.7 Å². The largest absolute Gasteiger partial charge is 0.469 e. The number of methoxy groups -OCH3 is 1. The van der Waals surface area contributed by atoms with Gasteiger partial charge in [-0.2, -0.15) is 5.06 Å². The van der Waals surface area contributed by atoms with Crippen LogP contribution >= 0.6 is 0 Å². The molecule has 0 aromatic rings. The standard InChI is InChI=1S/C21H35N3O4/c1-27-19(25)4-7-28-24-5-2-15(3-6-24)14-22-20(26)23-21-11-16-8-17(12-21)10-18(9-16)13-21/h15-18H,2-14H2,1H3,(H2,22,23,26). The zero-order valence-electron chi connectivity index (χ0n) is 17.1. The van der Waals surface area contributed by atoms with Crippen molar-refractivity contribution in [3.8, 4) is 0 Å². The van der Waals surface area contributed by atoms with Crippen molar-refractivity contribution in [3.05, 3.63) is 0 Å². The lowest BCUT2D eigenvalue weighted by molar-refractivity contribution is -0.179. The first-order valence-corrected chi connectivity index (χ1v) is 11.0. The number of nitrogens with zero attached hydrogens (tertiary/aromatic N) is 1. The number of rotatable bonds is 7. The van der Waals surface area contributed by atoms with Crippen molar-refractivity contribution in [2.45, 2.75) is 63.3 Å². The molecule has 1 aliphatic heterocycles. The highest BCUT2D eigenvalue weighted by molar-refractivity contribution is 5.75. The van der Waals surface area contributed by atoms with Gasteiger partial charge in [-0.05, 0) is 75.0 Å². The number of amides is 2. The van der Waals surface area contributed by atoms with E-state index >= 15 is 0 Å². The highest BCUT2D eigenvalue weighted by Crippen LogP contribution is 2.55. The van der Waals surface area contributed by atoms with E-state index in [2.05, 4.69) is 15.4 Å². The number of hydrogen-bond donors (Lipinski definition) is 2. The van der Waals surface area contributed by atoms with Crippen LogP contribution in [0.3, 0.4) is 0 Å². The maximum atomic E-state index is 12.6. The predicted octanol–water partition coefficient (Wildman–Crippen LogP) is 2.46. The molecule has 5 rings (SSSR count). The van der Waals surface area contributed by atoms with Gasteiger partial charge < -0.3 is 15.4 Å². The number of hydrogen-bond acceptors (Lipinski definition) is 5. The summed E-state index contributed by atoms with van der Waals surface area (Å²) in [6.45, 7) is 2.77. The summed E-state index contributed by atoms with van der Waals surface area (Å²) >= 11 is 0. The van der Waals surface area contributed by atoms with Crippen molar-refractivity contribution in [1.29, 1.82) is 0 Å². The summed E-state index contributed by atoms with van der Waals surface area (Å²) in [5.41, 5.74) is 0.0790. The van der Waals surface area contributed by atoms with Gasteiger partial charge in [0.2, 0.25) is 0 Å². The molecule has 5 fully saturated rings. The van der Waals surface area contributed by atoms with Crippen molar-refractivity contribution in [2.75, 3.05) is 33.4 Å². The van der Waals surface area contributed by atoms with Crippen LogP contribution in [0.25, 0.3) is 0 Å². The third kappa shape index (κ3) is 4.79. The minimum atomic E-state index is -0.246. The SMILES string of the molecule is COC(=O)CCON1CCC(CNC(=O)NC23CC4CC(CC(C4)C2)C3)CC1. The summed E-state index contributed by atoms with van der Waals surface area (Å²) in [7, 11) is 1.39. The lowest BCUT2D eigenvalue weighted by Gasteiger charge is -2.56. The van der Waals surface area contributed by atoms with E-state index in [0.717, 1.165) is 50.2 Å². The fraction of sp³-hybridized carbons (Fsp3) is 0.905. The number of ether oxygens (including phenoxy) is 1. The Morgan fingerprint density at radius 1 is 1.04 bits per heavy atom. The van der Waals surface area contributed by atoms with Gasteiger partial charge in [-0.25, -0.2) is 4.79 Å². The molecular weight excluding hydrogens is 358 g/mol. The van der Waals surface area contributed by atoms with Gasteiger partial charge in [0.25, 0.3) is 0 Å². The highest BCUT2D eigenvalue weighted by Gasteiger charge is 2.51. The van der Waals surface area contributed by atoms with E-state index in [1.54, 1.807) is 0 Å². The van der Waals surface area contributed by atoms with Crippen LogP contribution in [0.2, 0.25) is 0 Å². The molecule has 2 amide bonds. The van der Waals surface area contributed by atoms with Crippen molar-refractivity contribution in [2.24, 2.45) is 23.7 Å². The van der Waals surface area contributed by atoms with Crippen molar-refractivity contribution >= 4 is 12.0 Å². The smallest absolute Gasteiger partial charge is 0.315 e. The number of carbonyl (C=O) groups excluding carboxylic acids is 2. The molecule has 4 saturated carbocycles. The molecule has 7 heteroatoms. The molecule has 158 valence electrons. The molecule has 28 heavy (non-hydrogen) atoms. The second-order valence-electron chi connectivity index (χ2n) is 9.56. The Kier molecular flexibility index (Phi) is 6.11. The molecule has 0 radical (unpaired) electrons. The van der Waals surface area contributed by atoms with Gasteiger partial charge >= 0.3 is 12.0 Å². The number of hydroxylamine groups is 2. The monoisotopic (exact) mass is 393 g/mol. The van der Waals surface area contributed by atoms with Gasteiger partial charge in [0.15, 0.2) is 0 Å². The summed E-state index contributed by atoms with van der Waals surface area (Å²) in [5, 5.41) is 8.45. The molecule has 5 aliphatic rings. The van der Waals surface area contributed by atoms with E-state index in [0.29, 0.717) is 12.5 Å². The fourth-order valence-corrected chi connectivity index (χ4v) is 6.39. The number of carbonyl (C=O) groups is 2. The van der Waals surface area contributed by atoms with Crippen LogP contribution < -0.4 is 10.6 Å². The summed E-state index contributed by atoms with van der Waals surface area (Å²) < 4.78 is 4.61. The van der Waals surface area contributed by atoms with Gasteiger partial charge in [0.1, 0.15) is 0 Å². The van der Waals surface area contributed by atoms with Crippen LogP contribution in [-0.2, 0) is 14.4 Å². The Balaban J connectivity index is 1.13. The Morgan fingerprint density at radius 3 is 2.21 bits per heavy atom. The van der Waals surface area contributed by atoms with Gasteiger partial charge in [-0.15, -0.1) is 0 Å². The van der Waals surface area contributed by atoms with E-state index in [1.165, 1.54) is 45.6 Å². The summed E-state index contributed by atoms with van der Waals surface area (Å²) in [6.07, 6.45) is 10.0. The average molecular weight is 394 g/mol. The van der Waals surface area contributed by atoms with Crippen LogP contribution in [0.5, 0.6) is 0 Å². The van der Waals surface area contributed by atoms with Gasteiger partial charge in [-0.1, -0.05) is 0 Å². The van der Waals surface area contributed by atoms with E-state index < -0.39 is 0 Å². The quantitative estimate of drug-likeness (QED) is 0.650. The number of piperidine rings is 1. The number of nitrogens with one attached hydrogen (secondary N) is 2. The first-order chi connectivity index (χ1) is 13.5. The third-order valence-electron chi connectivity index (χ3n) is 7.35. The van der Waals surface area contributed by atoms with E-state index in [-0.39, 0.29) is 24.0 Å². The first-order valence-electron chi connectivity index (χ1n) is 11.0. The molecule has 0 aromatic carbocycles. The molecular formula is C21H35N3O4. The number of urea groups is 1. The summed E-state index contributed by atoms with van der Waals surface area (Å²) in [4.78, 5) is 29.3. The van der Waals surface area contributed by atoms with Gasteiger partial charge in [-0.3, -0.25) is 9.63 Å². The van der Waals surface area contributed by atoms with Crippen LogP contribution in [0.15, 0.2) is 0 Å². The summed E-state index contributed by atoms with van der Waals surface area (Å²) in [5.74, 6) is 2.77. The zero-order chi connectivity index (χ0) is 19.6. The highest BCUT2D eigenvalue weighted by atomic mass is 16.7.